The van der Waals surface area contributed by atoms with Crippen LogP contribution in [0, 0.1) is 23.7 Å². The SMILES string of the molecule is C#CCC(O)C1C=Cc2ccc(C#N)cc21. The Labute approximate surface area is 94.8 Å². The van der Waals surface area contributed by atoms with Crippen molar-refractivity contribution in [2.75, 3.05) is 0 Å². The molecule has 1 aliphatic carbocycles. The number of rotatable bonds is 2. The molecule has 0 saturated carbocycles. The number of terminal acetylenes is 1. The van der Waals surface area contributed by atoms with E-state index in [0.717, 1.165) is 11.1 Å². The van der Waals surface area contributed by atoms with Gasteiger partial charge in [-0.15, -0.1) is 12.3 Å². The number of fused-ring (bicyclic) bond motifs is 1. The van der Waals surface area contributed by atoms with Crippen LogP contribution >= 0.6 is 0 Å². The number of aliphatic hydroxyl groups is 1. The largest absolute Gasteiger partial charge is 0.391 e. The summed E-state index contributed by atoms with van der Waals surface area (Å²) in [5.74, 6) is 2.37. The van der Waals surface area contributed by atoms with Crippen molar-refractivity contribution in [1.29, 1.82) is 5.26 Å². The van der Waals surface area contributed by atoms with Gasteiger partial charge in [0.2, 0.25) is 0 Å². The van der Waals surface area contributed by atoms with Gasteiger partial charge in [0.25, 0.3) is 0 Å². The molecule has 0 fully saturated rings. The Bertz CT molecular complexity index is 517. The van der Waals surface area contributed by atoms with Crippen molar-refractivity contribution in [3.63, 3.8) is 0 Å². The van der Waals surface area contributed by atoms with E-state index >= 15 is 0 Å². The van der Waals surface area contributed by atoms with E-state index in [4.69, 9.17) is 11.7 Å². The molecule has 2 atom stereocenters. The molecule has 0 radical (unpaired) electrons. The van der Waals surface area contributed by atoms with E-state index in [0.29, 0.717) is 12.0 Å². The molecular weight excluding hydrogens is 198 g/mol. The van der Waals surface area contributed by atoms with Crippen LogP contribution in [0.25, 0.3) is 6.08 Å². The molecule has 16 heavy (non-hydrogen) atoms. The third-order valence-corrected chi connectivity index (χ3v) is 2.80. The van der Waals surface area contributed by atoms with Crippen molar-refractivity contribution in [3.05, 3.63) is 41.0 Å². The van der Waals surface area contributed by atoms with Gasteiger partial charge in [0, 0.05) is 12.3 Å². The number of hydrogen-bond donors (Lipinski definition) is 1. The molecule has 1 aromatic rings. The third-order valence-electron chi connectivity index (χ3n) is 2.80. The van der Waals surface area contributed by atoms with Crippen molar-refractivity contribution in [2.24, 2.45) is 0 Å². The summed E-state index contributed by atoms with van der Waals surface area (Å²) in [6.07, 6.45) is 8.84. The minimum absolute atomic E-state index is 0.0839. The fraction of sp³-hybridized carbons (Fsp3) is 0.214. The number of aliphatic hydroxyl groups excluding tert-OH is 1. The first-order valence-electron chi connectivity index (χ1n) is 5.10. The molecule has 0 amide bonds. The minimum Gasteiger partial charge on any atom is -0.391 e. The molecule has 78 valence electrons. The summed E-state index contributed by atoms with van der Waals surface area (Å²) in [7, 11) is 0. The van der Waals surface area contributed by atoms with Crippen molar-refractivity contribution >= 4 is 6.08 Å². The second-order valence-electron chi connectivity index (χ2n) is 3.82. The average molecular weight is 209 g/mol. The smallest absolute Gasteiger partial charge is 0.0991 e. The van der Waals surface area contributed by atoms with E-state index in [1.165, 1.54) is 0 Å². The molecular formula is C14H11NO. The lowest BCUT2D eigenvalue weighted by Crippen LogP contribution is -2.14. The molecule has 0 spiro atoms. The van der Waals surface area contributed by atoms with Crippen LogP contribution in [0.3, 0.4) is 0 Å². The first kappa shape index (κ1) is 10.5. The Morgan fingerprint density at radius 2 is 2.31 bits per heavy atom. The minimum atomic E-state index is -0.573. The molecule has 2 heteroatoms. The lowest BCUT2D eigenvalue weighted by atomic mass is 9.92. The van der Waals surface area contributed by atoms with Crippen LogP contribution in [-0.4, -0.2) is 11.2 Å². The maximum atomic E-state index is 9.88. The van der Waals surface area contributed by atoms with Crippen molar-refractivity contribution in [2.45, 2.75) is 18.4 Å². The molecule has 2 rings (SSSR count). The Kier molecular flexibility index (Phi) is 2.77. The Morgan fingerprint density at radius 1 is 1.50 bits per heavy atom. The molecule has 0 bridgehead atoms. The highest BCUT2D eigenvalue weighted by Gasteiger charge is 2.24. The van der Waals surface area contributed by atoms with Crippen LogP contribution in [0.15, 0.2) is 24.3 Å². The normalized spacial score (nSPS) is 18.6. The fourth-order valence-electron chi connectivity index (χ4n) is 1.98. The lowest BCUT2D eigenvalue weighted by Gasteiger charge is -2.16. The topological polar surface area (TPSA) is 44.0 Å². The van der Waals surface area contributed by atoms with Crippen molar-refractivity contribution < 1.29 is 5.11 Å². The standard InChI is InChI=1S/C14H11NO/c1-2-3-14(16)12-7-6-11-5-4-10(9-15)8-13(11)12/h1,4-8,12,14,16H,3H2. The van der Waals surface area contributed by atoms with Crippen LogP contribution in [-0.2, 0) is 0 Å². The molecule has 2 unspecified atom stereocenters. The van der Waals surface area contributed by atoms with E-state index in [-0.39, 0.29) is 5.92 Å². The zero-order valence-electron chi connectivity index (χ0n) is 8.72. The van der Waals surface area contributed by atoms with Gasteiger partial charge in [-0.3, -0.25) is 0 Å². The predicted octanol–water partition coefficient (Wildman–Crippen LogP) is 2.05. The van der Waals surface area contributed by atoms with Crippen LogP contribution in [0.1, 0.15) is 29.0 Å². The van der Waals surface area contributed by atoms with Gasteiger partial charge in [-0.2, -0.15) is 5.26 Å². The van der Waals surface area contributed by atoms with Crippen molar-refractivity contribution in [3.8, 4) is 18.4 Å². The monoisotopic (exact) mass is 209 g/mol. The summed E-state index contributed by atoms with van der Waals surface area (Å²) < 4.78 is 0. The predicted molar refractivity (Wildman–Crippen MR) is 62.4 cm³/mol. The second-order valence-corrected chi connectivity index (χ2v) is 3.82. The number of nitrogens with zero attached hydrogens (tertiary/aromatic N) is 1. The number of benzene rings is 1. The quantitative estimate of drug-likeness (QED) is 0.757. The lowest BCUT2D eigenvalue weighted by molar-refractivity contribution is 0.165. The first-order valence-corrected chi connectivity index (χ1v) is 5.10. The summed E-state index contributed by atoms with van der Waals surface area (Å²) >= 11 is 0. The van der Waals surface area contributed by atoms with E-state index in [9.17, 15) is 5.11 Å². The van der Waals surface area contributed by atoms with Gasteiger partial charge >= 0.3 is 0 Å². The van der Waals surface area contributed by atoms with Gasteiger partial charge in [0.15, 0.2) is 0 Å². The maximum Gasteiger partial charge on any atom is 0.0991 e. The molecule has 0 aliphatic heterocycles. The highest BCUT2D eigenvalue weighted by Crippen LogP contribution is 2.34. The van der Waals surface area contributed by atoms with Crippen LogP contribution in [0.2, 0.25) is 0 Å². The first-order chi connectivity index (χ1) is 7.76. The molecule has 1 aromatic carbocycles. The summed E-state index contributed by atoms with van der Waals surface area (Å²) in [5.41, 5.74) is 2.65. The Hall–Kier alpha value is -2.03. The van der Waals surface area contributed by atoms with Gasteiger partial charge in [-0.1, -0.05) is 18.2 Å². The summed E-state index contributed by atoms with van der Waals surface area (Å²) in [5, 5.41) is 18.7. The van der Waals surface area contributed by atoms with Gasteiger partial charge in [-0.25, -0.2) is 0 Å². The van der Waals surface area contributed by atoms with E-state index in [1.54, 1.807) is 6.07 Å². The molecule has 0 aromatic heterocycles. The van der Waals surface area contributed by atoms with E-state index in [1.807, 2.05) is 24.3 Å². The van der Waals surface area contributed by atoms with Crippen LogP contribution in [0.5, 0.6) is 0 Å². The molecule has 2 nitrogen and oxygen atoms in total. The fourth-order valence-corrected chi connectivity index (χ4v) is 1.98. The highest BCUT2D eigenvalue weighted by atomic mass is 16.3. The summed E-state index contributed by atoms with van der Waals surface area (Å²) in [6, 6.07) is 7.59. The van der Waals surface area contributed by atoms with E-state index < -0.39 is 6.10 Å². The van der Waals surface area contributed by atoms with Crippen LogP contribution < -0.4 is 0 Å². The number of nitriles is 1. The molecule has 0 heterocycles. The third kappa shape index (κ3) is 1.72. The average Bonchev–Trinajstić information content (AvgIpc) is 2.71. The van der Waals surface area contributed by atoms with Gasteiger partial charge < -0.3 is 5.11 Å². The molecule has 1 aliphatic rings. The Balaban J connectivity index is 2.35. The van der Waals surface area contributed by atoms with E-state index in [2.05, 4.69) is 12.0 Å². The van der Waals surface area contributed by atoms with Gasteiger partial charge in [0.05, 0.1) is 17.7 Å². The highest BCUT2D eigenvalue weighted by molar-refractivity contribution is 5.64. The number of hydrogen-bond acceptors (Lipinski definition) is 2. The summed E-state index contributed by atoms with van der Waals surface area (Å²) in [6.45, 7) is 0. The zero-order chi connectivity index (χ0) is 11.5. The maximum absolute atomic E-state index is 9.88. The Morgan fingerprint density at radius 3 is 3.00 bits per heavy atom. The van der Waals surface area contributed by atoms with Gasteiger partial charge in [-0.05, 0) is 23.3 Å². The van der Waals surface area contributed by atoms with Crippen LogP contribution in [0.4, 0.5) is 0 Å². The molecule has 1 N–H and O–H groups in total. The molecule has 0 saturated heterocycles. The second kappa shape index (κ2) is 4.23. The summed E-state index contributed by atoms with van der Waals surface area (Å²) in [4.78, 5) is 0. The van der Waals surface area contributed by atoms with Crippen molar-refractivity contribution in [1.82, 2.24) is 0 Å². The zero-order valence-corrected chi connectivity index (χ0v) is 8.72. The van der Waals surface area contributed by atoms with Gasteiger partial charge in [0.1, 0.15) is 0 Å².